The van der Waals surface area contributed by atoms with Gasteiger partial charge >= 0.3 is 0 Å². The zero-order valence-electron chi connectivity index (χ0n) is 11.8. The summed E-state index contributed by atoms with van der Waals surface area (Å²) in [5.74, 6) is 0. The summed E-state index contributed by atoms with van der Waals surface area (Å²) in [6.07, 6.45) is 1.07. The van der Waals surface area contributed by atoms with Crippen LogP contribution in [0.2, 0.25) is 0 Å². The Kier molecular flexibility index (Phi) is 6.19. The van der Waals surface area contributed by atoms with Gasteiger partial charge in [-0.25, -0.2) is 8.42 Å². The molecule has 1 N–H and O–H groups in total. The van der Waals surface area contributed by atoms with Crippen molar-refractivity contribution in [2.45, 2.75) is 31.0 Å². The monoisotopic (exact) mass is 302 g/mol. The molecule has 4 nitrogen and oxygen atoms in total. The van der Waals surface area contributed by atoms with Gasteiger partial charge in [-0.1, -0.05) is 19.1 Å². The van der Waals surface area contributed by atoms with E-state index < -0.39 is 10.0 Å². The Balaban J connectivity index is 2.76. The first-order chi connectivity index (χ1) is 8.87. The molecule has 19 heavy (non-hydrogen) atoms. The predicted molar refractivity (Wildman–Crippen MR) is 80.9 cm³/mol. The molecule has 0 spiro atoms. The minimum Gasteiger partial charge on any atom is -0.313 e. The number of thiophene rings is 1. The minimum absolute atomic E-state index is 0.351. The third kappa shape index (κ3) is 4.72. The first-order valence-corrected chi connectivity index (χ1v) is 8.58. The van der Waals surface area contributed by atoms with Crippen LogP contribution >= 0.6 is 11.3 Å². The normalized spacial score (nSPS) is 12.0. The number of rotatable bonds is 8. The van der Waals surface area contributed by atoms with E-state index in [1.54, 1.807) is 13.1 Å². The van der Waals surface area contributed by atoms with Crippen molar-refractivity contribution in [3.05, 3.63) is 29.2 Å². The van der Waals surface area contributed by atoms with Crippen molar-refractivity contribution in [3.8, 4) is 0 Å². The van der Waals surface area contributed by atoms with Crippen molar-refractivity contribution in [2.75, 3.05) is 20.1 Å². The summed E-state index contributed by atoms with van der Waals surface area (Å²) in [7, 11) is -1.80. The Morgan fingerprint density at radius 2 is 2.21 bits per heavy atom. The molecule has 0 bridgehead atoms. The third-order valence-corrected chi connectivity index (χ3v) is 5.81. The number of nitrogens with zero attached hydrogens (tertiary/aromatic N) is 1. The summed E-state index contributed by atoms with van der Waals surface area (Å²) < 4.78 is 26.3. The molecular weight excluding hydrogens is 280 g/mol. The first kappa shape index (κ1) is 16.4. The van der Waals surface area contributed by atoms with Gasteiger partial charge < -0.3 is 5.32 Å². The lowest BCUT2D eigenvalue weighted by Gasteiger charge is -2.15. The number of sulfonamides is 1. The summed E-state index contributed by atoms with van der Waals surface area (Å²) >= 11 is 1.27. The van der Waals surface area contributed by atoms with Crippen molar-refractivity contribution >= 4 is 21.4 Å². The van der Waals surface area contributed by atoms with Crippen LogP contribution in [0.15, 0.2) is 27.8 Å². The van der Waals surface area contributed by atoms with Crippen LogP contribution in [0.3, 0.4) is 0 Å². The molecular formula is C13H22N2O2S2. The average Bonchev–Trinajstić information content (AvgIpc) is 2.78. The number of hydrogen-bond donors (Lipinski definition) is 1. The number of likely N-dealkylation sites (N-methyl/N-ethyl adjacent to an activating group) is 1. The predicted octanol–water partition coefficient (Wildman–Crippen LogP) is 2.44. The fourth-order valence-electron chi connectivity index (χ4n) is 1.61. The van der Waals surface area contributed by atoms with Gasteiger partial charge in [-0.05, 0) is 36.9 Å². The van der Waals surface area contributed by atoms with Crippen molar-refractivity contribution in [3.63, 3.8) is 0 Å². The molecule has 0 amide bonds. The maximum absolute atomic E-state index is 12.3. The molecule has 0 aliphatic heterocycles. The van der Waals surface area contributed by atoms with E-state index in [0.29, 0.717) is 17.3 Å². The quantitative estimate of drug-likeness (QED) is 0.593. The van der Waals surface area contributed by atoms with Crippen LogP contribution in [-0.4, -0.2) is 32.9 Å². The van der Waals surface area contributed by atoms with Gasteiger partial charge in [0, 0.05) is 20.1 Å². The second-order valence-electron chi connectivity index (χ2n) is 4.67. The van der Waals surface area contributed by atoms with Gasteiger partial charge in [0.15, 0.2) is 0 Å². The van der Waals surface area contributed by atoms with Crippen molar-refractivity contribution in [1.82, 2.24) is 9.62 Å². The van der Waals surface area contributed by atoms with Gasteiger partial charge in [-0.3, -0.25) is 0 Å². The minimum atomic E-state index is -3.38. The molecule has 0 fully saturated rings. The van der Waals surface area contributed by atoms with Crippen molar-refractivity contribution in [2.24, 2.45) is 0 Å². The highest BCUT2D eigenvalue weighted by molar-refractivity contribution is 7.91. The maximum atomic E-state index is 12.3. The molecule has 0 radical (unpaired) electrons. The van der Waals surface area contributed by atoms with Crippen LogP contribution in [0.1, 0.15) is 25.8 Å². The van der Waals surface area contributed by atoms with Crippen LogP contribution in [0.5, 0.6) is 0 Å². The zero-order valence-corrected chi connectivity index (χ0v) is 13.4. The van der Waals surface area contributed by atoms with Gasteiger partial charge in [0.2, 0.25) is 0 Å². The molecule has 1 aromatic heterocycles. The van der Waals surface area contributed by atoms with E-state index in [9.17, 15) is 8.42 Å². The van der Waals surface area contributed by atoms with Gasteiger partial charge in [0.25, 0.3) is 10.0 Å². The topological polar surface area (TPSA) is 49.4 Å². The number of hydrogen-bond acceptors (Lipinski definition) is 4. The zero-order chi connectivity index (χ0) is 14.5. The Bertz CT molecular complexity index is 521. The van der Waals surface area contributed by atoms with E-state index in [0.717, 1.165) is 24.1 Å². The van der Waals surface area contributed by atoms with E-state index in [4.69, 9.17) is 0 Å². The molecule has 1 heterocycles. The molecule has 0 saturated heterocycles. The Hall–Kier alpha value is -0.690. The fraction of sp³-hybridized carbons (Fsp3) is 0.538. The van der Waals surface area contributed by atoms with Gasteiger partial charge in [0.05, 0.1) is 0 Å². The van der Waals surface area contributed by atoms with Crippen LogP contribution < -0.4 is 5.32 Å². The average molecular weight is 302 g/mol. The molecule has 0 unspecified atom stereocenters. The SMILES string of the molecule is C=C(C)CN(C)S(=O)(=O)c1cc(CNCCC)cs1. The molecule has 0 saturated carbocycles. The molecule has 6 heteroatoms. The van der Waals surface area contributed by atoms with Crippen LogP contribution in [0.25, 0.3) is 0 Å². The molecule has 108 valence electrons. The molecule has 0 aliphatic rings. The lowest BCUT2D eigenvalue weighted by Crippen LogP contribution is -2.27. The van der Waals surface area contributed by atoms with E-state index in [-0.39, 0.29) is 0 Å². The highest BCUT2D eigenvalue weighted by Crippen LogP contribution is 2.23. The highest BCUT2D eigenvalue weighted by atomic mass is 32.2. The van der Waals surface area contributed by atoms with Crippen molar-refractivity contribution in [1.29, 1.82) is 0 Å². The van der Waals surface area contributed by atoms with Gasteiger partial charge in [-0.15, -0.1) is 11.3 Å². The van der Waals surface area contributed by atoms with E-state index >= 15 is 0 Å². The van der Waals surface area contributed by atoms with E-state index in [2.05, 4.69) is 18.8 Å². The smallest absolute Gasteiger partial charge is 0.252 e. The molecule has 0 aliphatic carbocycles. The first-order valence-electron chi connectivity index (χ1n) is 6.26. The third-order valence-electron chi connectivity index (χ3n) is 2.54. The van der Waals surface area contributed by atoms with Crippen LogP contribution in [0.4, 0.5) is 0 Å². The Morgan fingerprint density at radius 1 is 1.53 bits per heavy atom. The summed E-state index contributed by atoms with van der Waals surface area (Å²) in [6.45, 7) is 9.67. The molecule has 0 atom stereocenters. The highest BCUT2D eigenvalue weighted by Gasteiger charge is 2.22. The summed E-state index contributed by atoms with van der Waals surface area (Å²) in [5, 5.41) is 5.15. The largest absolute Gasteiger partial charge is 0.313 e. The van der Waals surface area contributed by atoms with Crippen LogP contribution in [-0.2, 0) is 16.6 Å². The van der Waals surface area contributed by atoms with E-state index in [1.165, 1.54) is 15.6 Å². The van der Waals surface area contributed by atoms with Gasteiger partial charge in [-0.2, -0.15) is 4.31 Å². The summed E-state index contributed by atoms with van der Waals surface area (Å²) in [4.78, 5) is 0. The number of nitrogens with one attached hydrogen (secondary N) is 1. The summed E-state index contributed by atoms with van der Waals surface area (Å²) in [6, 6.07) is 1.75. The molecule has 1 rings (SSSR count). The van der Waals surface area contributed by atoms with Crippen LogP contribution in [0, 0.1) is 0 Å². The Labute approximate surface area is 120 Å². The van der Waals surface area contributed by atoms with E-state index in [1.807, 2.05) is 12.3 Å². The second-order valence-corrected chi connectivity index (χ2v) is 7.85. The molecule has 1 aromatic rings. The second kappa shape index (κ2) is 7.19. The van der Waals surface area contributed by atoms with Gasteiger partial charge in [0.1, 0.15) is 4.21 Å². The lowest BCUT2D eigenvalue weighted by atomic mass is 10.3. The maximum Gasteiger partial charge on any atom is 0.252 e. The fourth-order valence-corrected chi connectivity index (χ4v) is 4.26. The Morgan fingerprint density at radius 3 is 2.79 bits per heavy atom. The molecule has 0 aromatic carbocycles. The summed E-state index contributed by atoms with van der Waals surface area (Å²) in [5.41, 5.74) is 1.84. The lowest BCUT2D eigenvalue weighted by molar-refractivity contribution is 0.495. The van der Waals surface area contributed by atoms with Crippen molar-refractivity contribution < 1.29 is 8.42 Å². The standard InChI is InChI=1S/C13H22N2O2S2/c1-5-6-14-8-12-7-13(18-10-12)19(16,17)15(4)9-11(2)3/h7,10,14H,2,5-6,8-9H2,1,3-4H3.